The van der Waals surface area contributed by atoms with Crippen LogP contribution in [0.4, 0.5) is 0 Å². The van der Waals surface area contributed by atoms with Gasteiger partial charge in [0.1, 0.15) is 0 Å². The maximum absolute atomic E-state index is 12.3. The minimum absolute atomic E-state index is 0.0849. The first-order valence-corrected chi connectivity index (χ1v) is 6.71. The van der Waals surface area contributed by atoms with E-state index < -0.39 is 11.4 Å². The number of nitrogens with zero attached hydrogens (tertiary/aromatic N) is 1. The number of amides is 2. The van der Waals surface area contributed by atoms with E-state index in [1.165, 1.54) is 0 Å². The van der Waals surface area contributed by atoms with E-state index in [0.717, 1.165) is 12.0 Å². The molecule has 1 aromatic rings. The van der Waals surface area contributed by atoms with Gasteiger partial charge in [0.2, 0.25) is 11.8 Å². The van der Waals surface area contributed by atoms with E-state index in [0.29, 0.717) is 18.5 Å². The van der Waals surface area contributed by atoms with E-state index in [1.807, 2.05) is 6.92 Å². The van der Waals surface area contributed by atoms with Gasteiger partial charge in [-0.25, -0.2) is 0 Å². The van der Waals surface area contributed by atoms with Gasteiger partial charge in [0.25, 0.3) is 0 Å². The van der Waals surface area contributed by atoms with Crippen molar-refractivity contribution < 1.29 is 9.59 Å². The minimum Gasteiger partial charge on any atom is -0.366 e. The fourth-order valence-electron chi connectivity index (χ4n) is 2.18. The summed E-state index contributed by atoms with van der Waals surface area (Å²) in [6, 6.07) is 6.89. The number of nitrogens with two attached hydrogens (primary N) is 2. The average Bonchev–Trinajstić information content (AvgIpc) is 2.38. The normalized spacial score (nSPS) is 13.6. The zero-order valence-electron chi connectivity index (χ0n) is 12.3. The lowest BCUT2D eigenvalue weighted by Crippen LogP contribution is -2.51. The number of primary amides is 1. The van der Waals surface area contributed by atoms with E-state index in [2.05, 4.69) is 0 Å². The van der Waals surface area contributed by atoms with Crippen molar-refractivity contribution in [1.82, 2.24) is 4.90 Å². The molecule has 2 amide bonds. The Labute approximate surface area is 119 Å². The van der Waals surface area contributed by atoms with Crippen LogP contribution in [-0.4, -0.2) is 29.3 Å². The first kappa shape index (κ1) is 16.2. The summed E-state index contributed by atoms with van der Waals surface area (Å²) in [5.74, 6) is -0.545. The van der Waals surface area contributed by atoms with Crippen LogP contribution in [0, 0.1) is 0 Å². The smallest absolute Gasteiger partial charge is 0.248 e. The van der Waals surface area contributed by atoms with Crippen molar-refractivity contribution in [3.63, 3.8) is 0 Å². The molecule has 0 aliphatic carbocycles. The van der Waals surface area contributed by atoms with Crippen LogP contribution in [-0.2, 0) is 11.3 Å². The van der Waals surface area contributed by atoms with Crippen molar-refractivity contribution in [2.24, 2.45) is 11.5 Å². The Kier molecular flexibility index (Phi) is 5.27. The zero-order valence-corrected chi connectivity index (χ0v) is 12.3. The molecule has 0 radical (unpaired) electrons. The van der Waals surface area contributed by atoms with Gasteiger partial charge in [-0.3, -0.25) is 9.59 Å². The summed E-state index contributed by atoms with van der Waals surface area (Å²) in [7, 11) is 1.73. The molecule has 1 unspecified atom stereocenters. The minimum atomic E-state index is -0.837. The Hall–Kier alpha value is -1.88. The highest BCUT2D eigenvalue weighted by atomic mass is 16.2. The molecule has 0 saturated carbocycles. The van der Waals surface area contributed by atoms with E-state index in [1.54, 1.807) is 43.1 Å². The molecule has 1 rings (SSSR count). The Morgan fingerprint density at radius 1 is 1.25 bits per heavy atom. The van der Waals surface area contributed by atoms with Crippen molar-refractivity contribution in [2.45, 2.75) is 38.8 Å². The Bertz CT molecular complexity index is 480. The molecule has 0 fully saturated rings. The van der Waals surface area contributed by atoms with Crippen LogP contribution in [0.3, 0.4) is 0 Å². The second-order valence-electron chi connectivity index (χ2n) is 5.39. The maximum atomic E-state index is 12.3. The first-order valence-electron chi connectivity index (χ1n) is 6.71. The van der Waals surface area contributed by atoms with Gasteiger partial charge >= 0.3 is 0 Å². The SMILES string of the molecule is CCCC(C)(N)C(=O)N(C)Cc1ccc(C(N)=O)cc1. The number of carbonyl (C=O) groups is 2. The van der Waals surface area contributed by atoms with Gasteiger partial charge in [-0.15, -0.1) is 0 Å². The molecular weight excluding hydrogens is 254 g/mol. The molecule has 20 heavy (non-hydrogen) atoms. The third kappa shape index (κ3) is 4.06. The number of rotatable bonds is 6. The van der Waals surface area contributed by atoms with Gasteiger partial charge in [0, 0.05) is 19.2 Å². The van der Waals surface area contributed by atoms with E-state index >= 15 is 0 Å². The Balaban J connectivity index is 2.72. The first-order chi connectivity index (χ1) is 9.27. The molecule has 0 bridgehead atoms. The van der Waals surface area contributed by atoms with Crippen molar-refractivity contribution in [3.8, 4) is 0 Å². The number of benzene rings is 1. The zero-order chi connectivity index (χ0) is 15.3. The summed E-state index contributed by atoms with van der Waals surface area (Å²) in [5.41, 5.74) is 11.8. The van der Waals surface area contributed by atoms with Crippen molar-refractivity contribution in [3.05, 3.63) is 35.4 Å². The molecule has 1 atom stereocenters. The lowest BCUT2D eigenvalue weighted by Gasteiger charge is -2.29. The van der Waals surface area contributed by atoms with Gasteiger partial charge in [0.15, 0.2) is 0 Å². The molecule has 0 aromatic heterocycles. The summed E-state index contributed by atoms with van der Waals surface area (Å²) in [6.45, 7) is 4.21. The molecule has 0 saturated heterocycles. The van der Waals surface area contributed by atoms with Crippen LogP contribution in [0.25, 0.3) is 0 Å². The fourth-order valence-corrected chi connectivity index (χ4v) is 2.18. The predicted octanol–water partition coefficient (Wildman–Crippen LogP) is 1.26. The van der Waals surface area contributed by atoms with Crippen LogP contribution >= 0.6 is 0 Å². The molecular formula is C15H23N3O2. The molecule has 4 N–H and O–H groups in total. The lowest BCUT2D eigenvalue weighted by atomic mass is 9.95. The van der Waals surface area contributed by atoms with Crippen molar-refractivity contribution in [2.75, 3.05) is 7.05 Å². The largest absolute Gasteiger partial charge is 0.366 e. The predicted molar refractivity (Wildman–Crippen MR) is 78.9 cm³/mol. The maximum Gasteiger partial charge on any atom is 0.248 e. The Morgan fingerprint density at radius 2 is 1.80 bits per heavy atom. The van der Waals surface area contributed by atoms with Crippen LogP contribution in [0.15, 0.2) is 24.3 Å². The topological polar surface area (TPSA) is 89.4 Å². The lowest BCUT2D eigenvalue weighted by molar-refractivity contribution is -0.135. The fraction of sp³-hybridized carbons (Fsp3) is 0.467. The summed E-state index contributed by atoms with van der Waals surface area (Å²) in [4.78, 5) is 24.9. The number of carbonyl (C=O) groups excluding carboxylic acids is 2. The highest BCUT2D eigenvalue weighted by molar-refractivity contribution is 5.92. The standard InChI is InChI=1S/C15H23N3O2/c1-4-9-15(2,17)14(20)18(3)10-11-5-7-12(8-6-11)13(16)19/h5-8H,4,9-10,17H2,1-3H3,(H2,16,19). The molecule has 0 aliphatic rings. The van der Waals surface area contributed by atoms with Crippen LogP contribution < -0.4 is 11.5 Å². The number of hydrogen-bond donors (Lipinski definition) is 2. The van der Waals surface area contributed by atoms with Gasteiger partial charge in [-0.1, -0.05) is 25.5 Å². The highest BCUT2D eigenvalue weighted by Gasteiger charge is 2.29. The average molecular weight is 277 g/mol. The van der Waals surface area contributed by atoms with Crippen molar-refractivity contribution >= 4 is 11.8 Å². The number of hydrogen-bond acceptors (Lipinski definition) is 3. The summed E-state index contributed by atoms with van der Waals surface area (Å²) in [6.07, 6.45) is 1.51. The van der Waals surface area contributed by atoms with Crippen molar-refractivity contribution in [1.29, 1.82) is 0 Å². The molecule has 5 nitrogen and oxygen atoms in total. The molecule has 1 aromatic carbocycles. The summed E-state index contributed by atoms with van der Waals surface area (Å²) >= 11 is 0. The molecule has 0 aliphatic heterocycles. The van der Waals surface area contributed by atoms with Gasteiger partial charge in [0.05, 0.1) is 5.54 Å². The molecule has 5 heteroatoms. The van der Waals surface area contributed by atoms with Gasteiger partial charge in [-0.2, -0.15) is 0 Å². The second kappa shape index (κ2) is 6.52. The van der Waals surface area contributed by atoms with Gasteiger partial charge < -0.3 is 16.4 Å². The number of likely N-dealkylation sites (N-methyl/N-ethyl adjacent to an activating group) is 1. The van der Waals surface area contributed by atoms with Gasteiger partial charge in [-0.05, 0) is 31.0 Å². The highest BCUT2D eigenvalue weighted by Crippen LogP contribution is 2.14. The molecule has 110 valence electrons. The summed E-state index contributed by atoms with van der Waals surface area (Å²) < 4.78 is 0. The monoisotopic (exact) mass is 277 g/mol. The third-order valence-corrected chi connectivity index (χ3v) is 3.26. The quantitative estimate of drug-likeness (QED) is 0.820. The Morgan fingerprint density at radius 3 is 2.25 bits per heavy atom. The van der Waals surface area contributed by atoms with Crippen LogP contribution in [0.5, 0.6) is 0 Å². The second-order valence-corrected chi connectivity index (χ2v) is 5.39. The van der Waals surface area contributed by atoms with Crippen LogP contribution in [0.2, 0.25) is 0 Å². The summed E-state index contributed by atoms with van der Waals surface area (Å²) in [5, 5.41) is 0. The molecule has 0 spiro atoms. The van der Waals surface area contributed by atoms with Crippen LogP contribution in [0.1, 0.15) is 42.6 Å². The third-order valence-electron chi connectivity index (χ3n) is 3.26. The van der Waals surface area contributed by atoms with E-state index in [4.69, 9.17) is 11.5 Å². The van der Waals surface area contributed by atoms with E-state index in [-0.39, 0.29) is 5.91 Å². The molecule has 0 heterocycles. The van der Waals surface area contributed by atoms with E-state index in [9.17, 15) is 9.59 Å².